The van der Waals surface area contributed by atoms with Gasteiger partial charge in [0.15, 0.2) is 0 Å². The van der Waals surface area contributed by atoms with E-state index in [1.165, 1.54) is 31.2 Å². The first kappa shape index (κ1) is 23.5. The number of amidine groups is 1. The molecule has 0 spiro atoms. The van der Waals surface area contributed by atoms with Gasteiger partial charge in [-0.25, -0.2) is 9.98 Å². The van der Waals surface area contributed by atoms with Gasteiger partial charge in [0.1, 0.15) is 17.5 Å². The molecule has 2 saturated carbocycles. The van der Waals surface area contributed by atoms with Crippen LogP contribution in [0, 0.1) is 5.41 Å². The molecule has 170 valence electrons. The number of rotatable bonds is 8. The maximum Gasteiger partial charge on any atom is 0.133 e. The predicted molar refractivity (Wildman–Crippen MR) is 132 cm³/mol. The second-order valence-electron chi connectivity index (χ2n) is 9.21. The molecule has 3 heterocycles. The first-order valence-corrected chi connectivity index (χ1v) is 12.2. The smallest absolute Gasteiger partial charge is 0.133 e. The molecule has 31 heavy (non-hydrogen) atoms. The summed E-state index contributed by atoms with van der Waals surface area (Å²) >= 11 is 0. The minimum Gasteiger partial charge on any atom is -0.353 e. The summed E-state index contributed by atoms with van der Waals surface area (Å²) in [5, 5.41) is 3.45. The highest BCUT2D eigenvalue weighted by Gasteiger charge is 2.55. The normalized spacial score (nSPS) is 26.4. The fraction of sp³-hybridized carbons (Fsp3) is 0.615. The number of aliphatic imine (C=N–C) groups is 1. The molecule has 1 atom stereocenters. The van der Waals surface area contributed by atoms with E-state index in [9.17, 15) is 0 Å². The molecule has 1 unspecified atom stereocenters. The quantitative estimate of drug-likeness (QED) is 0.408. The molecular formula is C26H41N5. The van der Waals surface area contributed by atoms with Gasteiger partial charge >= 0.3 is 0 Å². The molecule has 0 amide bonds. The van der Waals surface area contributed by atoms with Crippen molar-refractivity contribution in [3.63, 3.8) is 0 Å². The summed E-state index contributed by atoms with van der Waals surface area (Å²) in [4.78, 5) is 12.1. The SMILES string of the molecule is CC.C\C=C/C(=N\C(=C\CC)N1CC2(CC(C)N)CC1C2)Nc1cc(C2CC2)ccn1. The molecule has 4 fully saturated rings. The Hall–Kier alpha value is -2.14. The lowest BCUT2D eigenvalue weighted by Crippen LogP contribution is -2.38. The van der Waals surface area contributed by atoms with Crippen LogP contribution in [0.4, 0.5) is 5.82 Å². The number of anilines is 1. The molecule has 1 aromatic heterocycles. The van der Waals surface area contributed by atoms with Crippen LogP contribution in [0.15, 0.2) is 47.4 Å². The van der Waals surface area contributed by atoms with Crippen molar-refractivity contribution in [1.29, 1.82) is 0 Å². The third kappa shape index (κ3) is 5.76. The van der Waals surface area contributed by atoms with E-state index < -0.39 is 0 Å². The predicted octanol–water partition coefficient (Wildman–Crippen LogP) is 5.82. The van der Waals surface area contributed by atoms with E-state index in [1.807, 2.05) is 39.1 Å². The Labute approximate surface area is 188 Å². The fourth-order valence-electron chi connectivity index (χ4n) is 5.08. The lowest BCUT2D eigenvalue weighted by molar-refractivity contribution is 0.161. The van der Waals surface area contributed by atoms with Gasteiger partial charge in [0.2, 0.25) is 0 Å². The van der Waals surface area contributed by atoms with Crippen LogP contribution in [0.5, 0.6) is 0 Å². The Morgan fingerprint density at radius 3 is 2.74 bits per heavy atom. The second-order valence-corrected chi connectivity index (χ2v) is 9.21. The summed E-state index contributed by atoms with van der Waals surface area (Å²) in [5.74, 6) is 3.52. The van der Waals surface area contributed by atoms with Crippen LogP contribution >= 0.6 is 0 Å². The number of hydrogen-bond donors (Lipinski definition) is 2. The van der Waals surface area contributed by atoms with Gasteiger partial charge in [0.05, 0.1) is 0 Å². The van der Waals surface area contributed by atoms with E-state index in [1.54, 1.807) is 0 Å². The van der Waals surface area contributed by atoms with E-state index in [0.717, 1.165) is 36.9 Å². The third-order valence-corrected chi connectivity index (χ3v) is 6.37. The molecule has 2 saturated heterocycles. The average Bonchev–Trinajstić information content (AvgIpc) is 3.44. The monoisotopic (exact) mass is 423 g/mol. The molecule has 5 nitrogen and oxygen atoms in total. The van der Waals surface area contributed by atoms with E-state index in [0.29, 0.717) is 17.4 Å². The Kier molecular flexibility index (Phi) is 7.93. The minimum atomic E-state index is 0.267. The number of aromatic nitrogens is 1. The molecule has 2 aliphatic heterocycles. The van der Waals surface area contributed by atoms with Crippen molar-refractivity contribution in [1.82, 2.24) is 9.88 Å². The van der Waals surface area contributed by atoms with Crippen LogP contribution in [-0.2, 0) is 0 Å². The van der Waals surface area contributed by atoms with Crippen molar-refractivity contribution in [3.05, 3.63) is 47.9 Å². The van der Waals surface area contributed by atoms with Crippen LogP contribution in [0.2, 0.25) is 0 Å². The molecular weight excluding hydrogens is 382 g/mol. The van der Waals surface area contributed by atoms with Gasteiger partial charge in [-0.2, -0.15) is 0 Å². The maximum atomic E-state index is 6.12. The van der Waals surface area contributed by atoms with Gasteiger partial charge in [-0.1, -0.05) is 26.8 Å². The van der Waals surface area contributed by atoms with Gasteiger partial charge in [-0.3, -0.25) is 0 Å². The Morgan fingerprint density at radius 1 is 1.39 bits per heavy atom. The molecule has 3 N–H and O–H groups in total. The van der Waals surface area contributed by atoms with Gasteiger partial charge in [-0.15, -0.1) is 0 Å². The van der Waals surface area contributed by atoms with Crippen LogP contribution in [0.3, 0.4) is 0 Å². The van der Waals surface area contributed by atoms with Gasteiger partial charge in [0, 0.05) is 24.8 Å². The summed E-state index contributed by atoms with van der Waals surface area (Å²) in [6, 6.07) is 5.18. The molecule has 0 aromatic carbocycles. The van der Waals surface area contributed by atoms with E-state index in [-0.39, 0.29) is 6.04 Å². The van der Waals surface area contributed by atoms with Gasteiger partial charge in [0.25, 0.3) is 0 Å². The molecule has 2 bridgehead atoms. The Balaban J connectivity index is 0.00000132. The maximum absolute atomic E-state index is 6.12. The fourth-order valence-corrected chi connectivity index (χ4v) is 5.08. The third-order valence-electron chi connectivity index (χ3n) is 6.37. The number of nitrogens with one attached hydrogen (secondary N) is 1. The summed E-state index contributed by atoms with van der Waals surface area (Å²) < 4.78 is 0. The molecule has 0 radical (unpaired) electrons. The van der Waals surface area contributed by atoms with Crippen molar-refractivity contribution >= 4 is 11.7 Å². The number of allylic oxidation sites excluding steroid dienone is 2. The minimum absolute atomic E-state index is 0.267. The average molecular weight is 424 g/mol. The van der Waals surface area contributed by atoms with Crippen molar-refractivity contribution < 1.29 is 0 Å². The van der Waals surface area contributed by atoms with Crippen LogP contribution in [-0.4, -0.2) is 34.3 Å². The highest BCUT2D eigenvalue weighted by Crippen LogP contribution is 2.55. The molecule has 1 aromatic rings. The zero-order valence-corrected chi connectivity index (χ0v) is 20.1. The molecule has 4 aliphatic rings. The highest BCUT2D eigenvalue weighted by atomic mass is 15.3. The first-order valence-electron chi connectivity index (χ1n) is 12.2. The van der Waals surface area contributed by atoms with Crippen LogP contribution < -0.4 is 11.1 Å². The lowest BCUT2D eigenvalue weighted by Gasteiger charge is -2.38. The Morgan fingerprint density at radius 2 is 2.13 bits per heavy atom. The molecule has 5 heteroatoms. The largest absolute Gasteiger partial charge is 0.353 e. The summed E-state index contributed by atoms with van der Waals surface area (Å²) in [5.41, 5.74) is 7.90. The van der Waals surface area contributed by atoms with E-state index in [2.05, 4.69) is 47.3 Å². The number of pyridine rings is 1. The van der Waals surface area contributed by atoms with Crippen molar-refractivity contribution in [2.45, 2.75) is 91.1 Å². The van der Waals surface area contributed by atoms with Crippen molar-refractivity contribution in [2.75, 3.05) is 11.9 Å². The van der Waals surface area contributed by atoms with Crippen molar-refractivity contribution in [3.8, 4) is 0 Å². The number of hydrogen-bond acceptors (Lipinski definition) is 4. The standard InChI is InChI=1S/C24H35N5.C2H6/c1-4-6-21(27-22-12-19(10-11-26-22)18-8-9-18)28-23(7-5-2)29-16-24(13-17(3)25)14-20(29)15-24;1-2/h4,6-7,10-12,17-18,20H,5,8-9,13-16,25H2,1-3H3,(H,26,27,28);1-2H3/b6-4-,23-7-;. The summed E-state index contributed by atoms with van der Waals surface area (Å²) in [7, 11) is 0. The van der Waals surface area contributed by atoms with Gasteiger partial charge < -0.3 is 16.0 Å². The second kappa shape index (κ2) is 10.4. The zero-order valence-electron chi connectivity index (χ0n) is 20.1. The summed E-state index contributed by atoms with van der Waals surface area (Å²) in [6.07, 6.45) is 15.4. The summed E-state index contributed by atoms with van der Waals surface area (Å²) in [6.45, 7) is 11.4. The lowest BCUT2D eigenvalue weighted by atomic mass is 9.67. The zero-order chi connectivity index (χ0) is 22.4. The number of nitrogens with zero attached hydrogens (tertiary/aromatic N) is 3. The van der Waals surface area contributed by atoms with E-state index in [4.69, 9.17) is 10.7 Å². The Bertz CT molecular complexity index is 813. The molecule has 5 rings (SSSR count). The number of nitrogens with two attached hydrogens (primary N) is 1. The van der Waals surface area contributed by atoms with Crippen LogP contribution in [0.25, 0.3) is 0 Å². The van der Waals surface area contributed by atoms with Crippen molar-refractivity contribution in [2.24, 2.45) is 16.1 Å². The topological polar surface area (TPSA) is 66.5 Å². The van der Waals surface area contributed by atoms with E-state index >= 15 is 0 Å². The highest BCUT2D eigenvalue weighted by molar-refractivity contribution is 6.03. The number of fused-ring (bicyclic) bond motifs is 1. The first-order chi connectivity index (χ1) is 15.0. The van der Waals surface area contributed by atoms with Gasteiger partial charge in [-0.05, 0) is 93.6 Å². The molecule has 2 aliphatic carbocycles. The van der Waals surface area contributed by atoms with Crippen LogP contribution in [0.1, 0.15) is 84.6 Å².